The summed E-state index contributed by atoms with van der Waals surface area (Å²) in [6.45, 7) is 3.75. The van der Waals surface area contributed by atoms with Crippen LogP contribution in [0.3, 0.4) is 0 Å². The van der Waals surface area contributed by atoms with Crippen LogP contribution in [0.5, 0.6) is 5.75 Å². The third-order valence-electron chi connectivity index (χ3n) is 4.38. The third-order valence-corrected chi connectivity index (χ3v) is 4.63. The van der Waals surface area contributed by atoms with Gasteiger partial charge in [-0.15, -0.1) is 0 Å². The van der Waals surface area contributed by atoms with E-state index >= 15 is 0 Å². The first-order valence-electron chi connectivity index (χ1n) is 9.12. The Morgan fingerprint density at radius 1 is 0.931 bits per heavy atom. The molecular formula is C23H21ClN2O3. The number of aryl methyl sites for hydroxylation is 1. The molecule has 148 valence electrons. The number of ether oxygens (including phenoxy) is 1. The average molecular weight is 409 g/mol. The summed E-state index contributed by atoms with van der Waals surface area (Å²) in [6.07, 6.45) is -0.179. The number of anilines is 1. The fourth-order valence-corrected chi connectivity index (χ4v) is 2.91. The van der Waals surface area contributed by atoms with Crippen LogP contribution in [-0.4, -0.2) is 11.9 Å². The fraction of sp³-hybridized carbons (Fsp3) is 0.130. The van der Waals surface area contributed by atoms with Crippen LogP contribution in [0.25, 0.3) is 0 Å². The van der Waals surface area contributed by atoms with Crippen molar-refractivity contribution in [1.29, 1.82) is 0 Å². The lowest BCUT2D eigenvalue weighted by atomic mass is 10.1. The predicted octanol–water partition coefficient (Wildman–Crippen LogP) is 5.75. The molecule has 3 rings (SSSR count). The standard InChI is InChI=1S/C23H21ClN2O3/c1-15-5-3-4-6-21(15)22(27)26-23(28)25-19-11-7-17(8-12-19)16(2)29-20-13-9-18(24)10-14-20/h3-14,16H,1-2H3,(H2,25,26,27,28). The first-order chi connectivity index (χ1) is 13.9. The Kier molecular flexibility index (Phi) is 6.52. The highest BCUT2D eigenvalue weighted by Gasteiger charge is 2.13. The first kappa shape index (κ1) is 20.4. The van der Waals surface area contributed by atoms with E-state index in [0.29, 0.717) is 16.3 Å². The van der Waals surface area contributed by atoms with Crippen molar-refractivity contribution in [1.82, 2.24) is 5.32 Å². The highest BCUT2D eigenvalue weighted by Crippen LogP contribution is 2.24. The lowest BCUT2D eigenvalue weighted by Crippen LogP contribution is -2.34. The zero-order valence-corrected chi connectivity index (χ0v) is 16.9. The molecule has 3 amide bonds. The van der Waals surface area contributed by atoms with Gasteiger partial charge in [0.25, 0.3) is 5.91 Å². The summed E-state index contributed by atoms with van der Waals surface area (Å²) >= 11 is 5.88. The molecule has 1 atom stereocenters. The maximum atomic E-state index is 12.2. The lowest BCUT2D eigenvalue weighted by Gasteiger charge is -2.16. The second-order valence-electron chi connectivity index (χ2n) is 6.56. The van der Waals surface area contributed by atoms with E-state index in [1.54, 1.807) is 36.4 Å². The fourth-order valence-electron chi connectivity index (χ4n) is 2.78. The van der Waals surface area contributed by atoms with Gasteiger partial charge in [0, 0.05) is 16.3 Å². The van der Waals surface area contributed by atoms with Crippen LogP contribution in [-0.2, 0) is 0 Å². The van der Waals surface area contributed by atoms with Crippen LogP contribution >= 0.6 is 11.6 Å². The Bertz CT molecular complexity index is 1000. The maximum Gasteiger partial charge on any atom is 0.326 e. The third kappa shape index (κ3) is 5.59. The summed E-state index contributed by atoms with van der Waals surface area (Å²) in [4.78, 5) is 24.3. The summed E-state index contributed by atoms with van der Waals surface area (Å²) in [5, 5.41) is 5.65. The quantitative estimate of drug-likeness (QED) is 0.564. The van der Waals surface area contributed by atoms with Crippen molar-refractivity contribution >= 4 is 29.2 Å². The number of rotatable bonds is 5. The number of carbonyl (C=O) groups excluding carboxylic acids is 2. The molecule has 3 aromatic carbocycles. The Balaban J connectivity index is 1.57. The molecule has 0 radical (unpaired) electrons. The van der Waals surface area contributed by atoms with Crippen molar-refractivity contribution in [2.75, 3.05) is 5.32 Å². The maximum absolute atomic E-state index is 12.2. The molecule has 0 saturated carbocycles. The summed E-state index contributed by atoms with van der Waals surface area (Å²) < 4.78 is 5.89. The monoisotopic (exact) mass is 408 g/mol. The average Bonchev–Trinajstić information content (AvgIpc) is 2.70. The molecule has 3 aromatic rings. The van der Waals surface area contributed by atoms with Gasteiger partial charge in [0.05, 0.1) is 0 Å². The molecule has 0 saturated heterocycles. The SMILES string of the molecule is Cc1ccccc1C(=O)NC(=O)Nc1ccc(C(C)Oc2ccc(Cl)cc2)cc1. The smallest absolute Gasteiger partial charge is 0.326 e. The van der Waals surface area contributed by atoms with E-state index in [9.17, 15) is 9.59 Å². The lowest BCUT2D eigenvalue weighted by molar-refractivity contribution is 0.0966. The van der Waals surface area contributed by atoms with Crippen LogP contribution in [0.15, 0.2) is 72.8 Å². The van der Waals surface area contributed by atoms with Gasteiger partial charge in [-0.2, -0.15) is 0 Å². The molecule has 2 N–H and O–H groups in total. The van der Waals surface area contributed by atoms with Crippen molar-refractivity contribution in [2.24, 2.45) is 0 Å². The Hall–Kier alpha value is -3.31. The Morgan fingerprint density at radius 3 is 2.24 bits per heavy atom. The highest BCUT2D eigenvalue weighted by atomic mass is 35.5. The highest BCUT2D eigenvalue weighted by molar-refractivity contribution is 6.30. The number of halogens is 1. The molecule has 0 heterocycles. The molecule has 1 unspecified atom stereocenters. The van der Waals surface area contributed by atoms with Gasteiger partial charge in [-0.25, -0.2) is 4.79 Å². The molecule has 0 aliphatic rings. The first-order valence-corrected chi connectivity index (χ1v) is 9.50. The van der Waals surface area contributed by atoms with Crippen molar-refractivity contribution in [3.63, 3.8) is 0 Å². The van der Waals surface area contributed by atoms with Crippen molar-refractivity contribution in [2.45, 2.75) is 20.0 Å². The van der Waals surface area contributed by atoms with Crippen LogP contribution < -0.4 is 15.4 Å². The molecule has 0 aromatic heterocycles. The second-order valence-corrected chi connectivity index (χ2v) is 7.00. The zero-order chi connectivity index (χ0) is 20.8. The minimum Gasteiger partial charge on any atom is -0.486 e. The number of carbonyl (C=O) groups is 2. The van der Waals surface area contributed by atoms with Crippen LogP contribution in [0, 0.1) is 6.92 Å². The van der Waals surface area contributed by atoms with Gasteiger partial charge in [-0.3, -0.25) is 10.1 Å². The molecule has 0 bridgehead atoms. The molecule has 0 aliphatic carbocycles. The second kappa shape index (κ2) is 9.26. The van der Waals surface area contributed by atoms with E-state index in [4.69, 9.17) is 16.3 Å². The van der Waals surface area contributed by atoms with E-state index in [1.807, 2.05) is 50.2 Å². The number of benzene rings is 3. The largest absolute Gasteiger partial charge is 0.486 e. The number of urea groups is 1. The van der Waals surface area contributed by atoms with Crippen LogP contribution in [0.4, 0.5) is 10.5 Å². The predicted molar refractivity (Wildman–Crippen MR) is 115 cm³/mol. The van der Waals surface area contributed by atoms with E-state index in [2.05, 4.69) is 10.6 Å². The topological polar surface area (TPSA) is 67.4 Å². The Morgan fingerprint density at radius 2 is 1.59 bits per heavy atom. The van der Waals surface area contributed by atoms with Gasteiger partial charge in [0.15, 0.2) is 0 Å². The number of amides is 3. The summed E-state index contributed by atoms with van der Waals surface area (Å²) in [7, 11) is 0. The minimum absolute atomic E-state index is 0.179. The van der Waals surface area contributed by atoms with Crippen LogP contribution in [0.2, 0.25) is 5.02 Å². The molecule has 0 fully saturated rings. The summed E-state index contributed by atoms with van der Waals surface area (Å²) in [5.41, 5.74) is 2.78. The molecule has 5 nitrogen and oxygen atoms in total. The zero-order valence-electron chi connectivity index (χ0n) is 16.1. The minimum atomic E-state index is -0.587. The van der Waals surface area contributed by atoms with Gasteiger partial charge in [-0.05, 0) is 67.4 Å². The van der Waals surface area contributed by atoms with Crippen LogP contribution in [0.1, 0.15) is 34.5 Å². The van der Waals surface area contributed by atoms with Gasteiger partial charge >= 0.3 is 6.03 Å². The van der Waals surface area contributed by atoms with Crippen molar-refractivity contribution < 1.29 is 14.3 Å². The number of hydrogen-bond donors (Lipinski definition) is 2. The van der Waals surface area contributed by atoms with E-state index in [1.165, 1.54) is 0 Å². The van der Waals surface area contributed by atoms with Gasteiger partial charge < -0.3 is 10.1 Å². The number of nitrogens with one attached hydrogen (secondary N) is 2. The molecular weight excluding hydrogens is 388 g/mol. The van der Waals surface area contributed by atoms with E-state index < -0.39 is 11.9 Å². The molecule has 6 heteroatoms. The summed E-state index contributed by atoms with van der Waals surface area (Å²) in [6, 6.07) is 20.9. The van der Waals surface area contributed by atoms with Crippen molar-refractivity contribution in [3.05, 3.63) is 94.5 Å². The van der Waals surface area contributed by atoms with Crippen molar-refractivity contribution in [3.8, 4) is 5.75 Å². The van der Waals surface area contributed by atoms with Gasteiger partial charge in [-0.1, -0.05) is 41.9 Å². The molecule has 0 spiro atoms. The molecule has 0 aliphatic heterocycles. The molecule has 29 heavy (non-hydrogen) atoms. The Labute approximate surface area is 174 Å². The number of imide groups is 1. The number of hydrogen-bond acceptors (Lipinski definition) is 3. The normalized spacial score (nSPS) is 11.4. The van der Waals surface area contributed by atoms with E-state index in [0.717, 1.165) is 16.9 Å². The van der Waals surface area contributed by atoms with E-state index in [-0.39, 0.29) is 6.10 Å². The van der Waals surface area contributed by atoms with Gasteiger partial charge in [0.1, 0.15) is 11.9 Å². The summed E-state index contributed by atoms with van der Waals surface area (Å²) in [5.74, 6) is 0.278. The van der Waals surface area contributed by atoms with Gasteiger partial charge in [0.2, 0.25) is 0 Å².